The third-order valence-electron chi connectivity index (χ3n) is 7.30. The van der Waals surface area contributed by atoms with Crippen LogP contribution in [0, 0.1) is 5.92 Å². The average Bonchev–Trinajstić information content (AvgIpc) is 3.12. The van der Waals surface area contributed by atoms with Crippen LogP contribution in [0.15, 0.2) is 47.5 Å². The molecule has 2 aliphatic heterocycles. The van der Waals surface area contributed by atoms with Crippen molar-refractivity contribution in [2.24, 2.45) is 5.92 Å². The van der Waals surface area contributed by atoms with Crippen molar-refractivity contribution in [2.45, 2.75) is 102 Å². The second-order valence-electron chi connectivity index (χ2n) is 12.9. The van der Waals surface area contributed by atoms with E-state index in [-0.39, 0.29) is 22.9 Å². The van der Waals surface area contributed by atoms with Crippen LogP contribution in [0.4, 0.5) is 11.6 Å². The second kappa shape index (κ2) is 10.9. The molecule has 0 radical (unpaired) electrons. The summed E-state index contributed by atoms with van der Waals surface area (Å²) in [4.78, 5) is 25.6. The third kappa shape index (κ3) is 7.08. The molecule has 8 heteroatoms. The first kappa shape index (κ1) is 28.4. The van der Waals surface area contributed by atoms with Gasteiger partial charge in [-0.1, -0.05) is 39.0 Å². The van der Waals surface area contributed by atoms with Gasteiger partial charge < -0.3 is 15.3 Å². The number of aliphatic hydroxyl groups is 1. The number of pyridine rings is 2. The number of carbonyl (C=O) groups excluding carboxylic acids is 1. The molecule has 4 bridgehead atoms. The van der Waals surface area contributed by atoms with Gasteiger partial charge in [-0.2, -0.15) is 0 Å². The summed E-state index contributed by atoms with van der Waals surface area (Å²) in [6.45, 7) is 15.4. The zero-order valence-electron chi connectivity index (χ0n) is 23.8. The number of rotatable bonds is 3. The highest BCUT2D eigenvalue weighted by Gasteiger charge is 2.41. The lowest BCUT2D eigenvalue weighted by Crippen LogP contribution is -2.40. The Morgan fingerprint density at radius 1 is 1.13 bits per heavy atom. The molecule has 206 valence electrons. The summed E-state index contributed by atoms with van der Waals surface area (Å²) < 4.78 is 3.00. The molecule has 2 aromatic heterocycles. The summed E-state index contributed by atoms with van der Waals surface area (Å²) in [5.74, 6) is 1.86. The van der Waals surface area contributed by atoms with E-state index in [1.54, 1.807) is 13.8 Å². The Labute approximate surface area is 232 Å². The highest BCUT2D eigenvalue weighted by Crippen LogP contribution is 2.40. The van der Waals surface area contributed by atoms with Crippen molar-refractivity contribution in [1.82, 2.24) is 14.7 Å². The molecular formula is C30H43N5O2S. The number of fused-ring (bicyclic) bond motifs is 6. The zero-order valence-corrected chi connectivity index (χ0v) is 24.7. The summed E-state index contributed by atoms with van der Waals surface area (Å²) in [5, 5.41) is 14.5. The number of carbonyl (C=O) groups is 1. The van der Waals surface area contributed by atoms with Crippen molar-refractivity contribution in [1.29, 1.82) is 0 Å². The molecule has 0 aromatic carbocycles. The van der Waals surface area contributed by atoms with Crippen LogP contribution in [-0.4, -0.2) is 44.7 Å². The Bertz CT molecular complexity index is 1180. The quantitative estimate of drug-likeness (QED) is 0.322. The average molecular weight is 538 g/mol. The Morgan fingerprint density at radius 3 is 2.61 bits per heavy atom. The van der Waals surface area contributed by atoms with Crippen LogP contribution < -0.4 is 14.9 Å². The zero-order chi connectivity index (χ0) is 27.7. The lowest BCUT2D eigenvalue weighted by molar-refractivity contribution is 0.0984. The largest absolute Gasteiger partial charge is 0.386 e. The van der Waals surface area contributed by atoms with E-state index in [0.29, 0.717) is 16.5 Å². The number of nitrogens with one attached hydrogen (secondary N) is 2. The number of nitrogens with zero attached hydrogens (tertiary/aromatic N) is 3. The maximum Gasteiger partial charge on any atom is 0.265 e. The van der Waals surface area contributed by atoms with Gasteiger partial charge in [0, 0.05) is 41.2 Å². The van der Waals surface area contributed by atoms with E-state index in [1.165, 1.54) is 11.9 Å². The number of hydrogen-bond donors (Lipinski definition) is 3. The number of amides is 1. The van der Waals surface area contributed by atoms with Crippen molar-refractivity contribution >= 4 is 29.5 Å². The first-order valence-electron chi connectivity index (χ1n) is 13.6. The number of hydrogen-bond acceptors (Lipinski definition) is 7. The van der Waals surface area contributed by atoms with Gasteiger partial charge in [0.25, 0.3) is 5.91 Å². The number of aromatic nitrogens is 2. The second-order valence-corrected chi connectivity index (χ2v) is 13.7. The molecular weight excluding hydrogens is 494 g/mol. The fourth-order valence-corrected chi connectivity index (χ4v) is 5.92. The van der Waals surface area contributed by atoms with Crippen molar-refractivity contribution in [3.8, 4) is 0 Å². The molecule has 1 unspecified atom stereocenters. The SMILES string of the molecule is CC(C)(O)/C=C/CC1CC[C@@H]2CN(c3nc(C(C)(C)C)ccc3C(=O)NSc3cccc(n3)N1)C(C)(C)C2. The molecule has 0 spiro atoms. The fraction of sp³-hybridized carbons (Fsp3) is 0.567. The molecule has 3 N–H and O–H groups in total. The molecule has 1 amide bonds. The van der Waals surface area contributed by atoms with Crippen LogP contribution in [0.25, 0.3) is 0 Å². The fourth-order valence-electron chi connectivity index (χ4n) is 5.32. The highest BCUT2D eigenvalue weighted by molar-refractivity contribution is 7.97. The molecule has 1 fully saturated rings. The van der Waals surface area contributed by atoms with Gasteiger partial charge in [0.1, 0.15) is 16.7 Å². The van der Waals surface area contributed by atoms with Crippen LogP contribution in [0.1, 0.15) is 90.2 Å². The third-order valence-corrected chi connectivity index (χ3v) is 8.02. The van der Waals surface area contributed by atoms with E-state index in [1.807, 2.05) is 36.4 Å². The summed E-state index contributed by atoms with van der Waals surface area (Å²) >= 11 is 1.22. The smallest absolute Gasteiger partial charge is 0.265 e. The Balaban J connectivity index is 1.70. The summed E-state index contributed by atoms with van der Waals surface area (Å²) in [5.41, 5.74) is 0.488. The summed E-state index contributed by atoms with van der Waals surface area (Å²) in [6.07, 6.45) is 7.76. The van der Waals surface area contributed by atoms with Crippen LogP contribution in [0.2, 0.25) is 0 Å². The molecule has 1 saturated heterocycles. The Morgan fingerprint density at radius 2 is 1.89 bits per heavy atom. The molecule has 2 aliphatic rings. The van der Waals surface area contributed by atoms with Gasteiger partial charge in [0.15, 0.2) is 0 Å². The van der Waals surface area contributed by atoms with Crippen LogP contribution >= 0.6 is 11.9 Å². The summed E-state index contributed by atoms with van der Waals surface area (Å²) in [7, 11) is 0. The van der Waals surface area contributed by atoms with Gasteiger partial charge in [0.2, 0.25) is 0 Å². The van der Waals surface area contributed by atoms with Gasteiger partial charge in [-0.15, -0.1) is 0 Å². The normalized spacial score (nSPS) is 22.3. The first-order valence-corrected chi connectivity index (χ1v) is 14.4. The van der Waals surface area contributed by atoms with E-state index in [2.05, 4.69) is 55.6 Å². The van der Waals surface area contributed by atoms with E-state index in [4.69, 9.17) is 9.97 Å². The molecule has 0 saturated carbocycles. The minimum absolute atomic E-state index is 0.122. The maximum absolute atomic E-state index is 13.5. The molecule has 2 aromatic rings. The van der Waals surface area contributed by atoms with Gasteiger partial charge >= 0.3 is 0 Å². The Kier molecular flexibility index (Phi) is 8.15. The minimum atomic E-state index is -0.838. The van der Waals surface area contributed by atoms with Gasteiger partial charge in [0.05, 0.1) is 11.2 Å². The van der Waals surface area contributed by atoms with Crippen LogP contribution in [-0.2, 0) is 5.41 Å². The van der Waals surface area contributed by atoms with Crippen molar-refractivity contribution in [3.05, 3.63) is 53.7 Å². The monoisotopic (exact) mass is 537 g/mol. The molecule has 4 heterocycles. The van der Waals surface area contributed by atoms with E-state index in [0.717, 1.165) is 49.6 Å². The molecule has 4 rings (SSSR count). The number of anilines is 2. The van der Waals surface area contributed by atoms with E-state index >= 15 is 0 Å². The maximum atomic E-state index is 13.5. The predicted octanol–water partition coefficient (Wildman–Crippen LogP) is 6.11. The van der Waals surface area contributed by atoms with Crippen LogP contribution in [0.3, 0.4) is 0 Å². The predicted molar refractivity (Wildman–Crippen MR) is 157 cm³/mol. The van der Waals surface area contributed by atoms with Crippen molar-refractivity contribution in [3.63, 3.8) is 0 Å². The molecule has 7 nitrogen and oxygen atoms in total. The lowest BCUT2D eigenvalue weighted by atomic mass is 9.90. The molecule has 2 atom stereocenters. The standard InChI is InChI=1S/C30H43N5O2S/c1-28(2,3)23-16-15-22-26(32-23)35-19-20(18-29(35,4)5)13-14-21(10-9-17-30(6,7)37)31-24-11-8-12-25(33-24)38-34-27(22)36/h8-9,11-12,15-17,20-21,37H,10,13-14,18-19H2,1-7H3,(H,31,33)(H,34,36)/b17-9+/t20-,21?/m0/s1. The van der Waals surface area contributed by atoms with Crippen LogP contribution in [0.5, 0.6) is 0 Å². The minimum Gasteiger partial charge on any atom is -0.386 e. The first-order chi connectivity index (χ1) is 17.7. The van der Waals surface area contributed by atoms with Gasteiger partial charge in [-0.25, -0.2) is 9.97 Å². The summed E-state index contributed by atoms with van der Waals surface area (Å²) in [6, 6.07) is 9.89. The van der Waals surface area contributed by atoms with Gasteiger partial charge in [-0.05, 0) is 83.6 Å². The van der Waals surface area contributed by atoms with Crippen molar-refractivity contribution in [2.75, 3.05) is 16.8 Å². The molecule has 38 heavy (non-hydrogen) atoms. The van der Waals surface area contributed by atoms with E-state index in [9.17, 15) is 9.90 Å². The van der Waals surface area contributed by atoms with Gasteiger partial charge in [-0.3, -0.25) is 9.52 Å². The molecule has 0 aliphatic carbocycles. The van der Waals surface area contributed by atoms with Crippen molar-refractivity contribution < 1.29 is 9.90 Å². The van der Waals surface area contributed by atoms with E-state index < -0.39 is 5.60 Å². The topological polar surface area (TPSA) is 90.4 Å². The Hall–Kier alpha value is -2.58. The lowest BCUT2D eigenvalue weighted by Gasteiger charge is -2.34. The highest BCUT2D eigenvalue weighted by atomic mass is 32.2.